The van der Waals surface area contributed by atoms with Gasteiger partial charge in [0, 0.05) is 25.6 Å². The molecule has 26 heavy (non-hydrogen) atoms. The first kappa shape index (κ1) is 16.0. The van der Waals surface area contributed by atoms with Gasteiger partial charge in [-0.05, 0) is 19.8 Å². The van der Waals surface area contributed by atoms with Gasteiger partial charge in [0.15, 0.2) is 0 Å². The van der Waals surface area contributed by atoms with Crippen LogP contribution in [0.4, 0.5) is 5.82 Å². The largest absolute Gasteiger partial charge is 0.380 e. The number of carbonyl (C=O) groups excluding carboxylic acids is 2. The summed E-state index contributed by atoms with van der Waals surface area (Å²) in [5.74, 6) is 0.589. The van der Waals surface area contributed by atoms with Crippen LogP contribution < -0.4 is 10.6 Å². The van der Waals surface area contributed by atoms with Crippen LogP contribution in [0.5, 0.6) is 0 Å². The molecule has 2 amide bonds. The van der Waals surface area contributed by atoms with Crippen molar-refractivity contribution in [3.05, 3.63) is 17.6 Å². The summed E-state index contributed by atoms with van der Waals surface area (Å²) in [4.78, 5) is 36.2. The van der Waals surface area contributed by atoms with Gasteiger partial charge in [-0.3, -0.25) is 14.6 Å². The Bertz CT molecular complexity index is 766. The molecule has 2 N–H and O–H groups in total. The third-order valence-corrected chi connectivity index (χ3v) is 5.84. The second kappa shape index (κ2) is 5.64. The fourth-order valence-corrected chi connectivity index (χ4v) is 4.03. The number of ether oxygens (including phenoxy) is 1. The van der Waals surface area contributed by atoms with Gasteiger partial charge in [0.1, 0.15) is 17.8 Å². The summed E-state index contributed by atoms with van der Waals surface area (Å²) in [6, 6.07) is -0.538. The normalized spacial score (nSPS) is 26.3. The fraction of sp³-hybridized carbons (Fsp3) is 0.667. The first-order valence-electron chi connectivity index (χ1n) is 9.32. The third kappa shape index (κ3) is 2.55. The minimum atomic E-state index is -0.538. The zero-order valence-corrected chi connectivity index (χ0v) is 14.8. The van der Waals surface area contributed by atoms with Crippen molar-refractivity contribution >= 4 is 17.6 Å². The van der Waals surface area contributed by atoms with E-state index in [2.05, 4.69) is 20.6 Å². The Morgan fingerprint density at radius 1 is 1.38 bits per heavy atom. The smallest absolute Gasteiger partial charge is 0.244 e. The molecule has 0 bridgehead atoms. The lowest BCUT2D eigenvalue weighted by atomic mass is 9.78. The summed E-state index contributed by atoms with van der Waals surface area (Å²) in [5.41, 5.74) is 1.87. The predicted octanol–water partition coefficient (Wildman–Crippen LogP) is 0.227. The van der Waals surface area contributed by atoms with E-state index in [4.69, 9.17) is 4.74 Å². The van der Waals surface area contributed by atoms with Gasteiger partial charge in [-0.1, -0.05) is 0 Å². The highest BCUT2D eigenvalue weighted by Crippen LogP contribution is 2.40. The molecule has 2 atom stereocenters. The summed E-state index contributed by atoms with van der Waals surface area (Å²) in [6.07, 6.45) is 4.09. The van der Waals surface area contributed by atoms with Crippen LogP contribution in [0.3, 0.4) is 0 Å². The van der Waals surface area contributed by atoms with Gasteiger partial charge in [0.05, 0.1) is 36.2 Å². The van der Waals surface area contributed by atoms with Crippen molar-refractivity contribution in [2.45, 2.75) is 37.6 Å². The Morgan fingerprint density at radius 3 is 2.81 bits per heavy atom. The third-order valence-electron chi connectivity index (χ3n) is 5.84. The number of nitrogens with one attached hydrogen (secondary N) is 2. The van der Waals surface area contributed by atoms with Gasteiger partial charge in [0.25, 0.3) is 0 Å². The van der Waals surface area contributed by atoms with Gasteiger partial charge in [-0.2, -0.15) is 0 Å². The maximum absolute atomic E-state index is 12.7. The maximum atomic E-state index is 12.7. The number of carbonyl (C=O) groups is 2. The number of rotatable bonds is 4. The number of anilines is 1. The molecule has 2 saturated heterocycles. The average molecular weight is 357 g/mol. The summed E-state index contributed by atoms with van der Waals surface area (Å²) in [7, 11) is 0. The van der Waals surface area contributed by atoms with Crippen molar-refractivity contribution in [2.24, 2.45) is 5.41 Å². The number of hydrogen-bond acceptors (Lipinski definition) is 6. The summed E-state index contributed by atoms with van der Waals surface area (Å²) in [5, 5.41) is 6.02. The molecular weight excluding hydrogens is 334 g/mol. The standard InChI is InChI=1S/C18H23N5O3/c1-10(17(25)23-6-18(7-23)8-26-9-18)21-16(24)12-4-19-15-14(12)22-13(5-20-15)11-2-3-11/h5,10-12H,2-4,6-9H2,1H3,(H,19,20)(H,21,24)/t10-,12?/m1/s1. The van der Waals surface area contributed by atoms with E-state index in [-0.39, 0.29) is 17.2 Å². The number of amides is 2. The lowest BCUT2D eigenvalue weighted by molar-refractivity contribution is -0.196. The Labute approximate surface area is 151 Å². The molecule has 1 aromatic heterocycles. The van der Waals surface area contributed by atoms with Crippen molar-refractivity contribution in [1.82, 2.24) is 20.2 Å². The van der Waals surface area contributed by atoms with Crippen LogP contribution >= 0.6 is 0 Å². The molecule has 1 saturated carbocycles. The molecule has 8 heteroatoms. The molecule has 3 fully saturated rings. The van der Waals surface area contributed by atoms with Crippen LogP contribution in [0.2, 0.25) is 0 Å². The van der Waals surface area contributed by atoms with Crippen LogP contribution in [0, 0.1) is 5.41 Å². The van der Waals surface area contributed by atoms with Crippen LogP contribution in [-0.4, -0.2) is 65.6 Å². The number of hydrogen-bond donors (Lipinski definition) is 2. The Hall–Kier alpha value is -2.22. The van der Waals surface area contributed by atoms with Gasteiger partial charge in [0.2, 0.25) is 11.8 Å². The Balaban J connectivity index is 1.22. The minimum absolute atomic E-state index is 0.0279. The van der Waals surface area contributed by atoms with Crippen LogP contribution in [0.25, 0.3) is 0 Å². The lowest BCUT2D eigenvalue weighted by Crippen LogP contribution is -2.69. The van der Waals surface area contributed by atoms with Gasteiger partial charge < -0.3 is 20.3 Å². The minimum Gasteiger partial charge on any atom is -0.380 e. The quantitative estimate of drug-likeness (QED) is 0.801. The molecule has 8 nitrogen and oxygen atoms in total. The van der Waals surface area contributed by atoms with E-state index in [0.29, 0.717) is 24.0 Å². The number of likely N-dealkylation sites (tertiary alicyclic amines) is 1. The molecule has 1 spiro atoms. The van der Waals surface area contributed by atoms with Crippen molar-refractivity contribution < 1.29 is 14.3 Å². The zero-order valence-electron chi connectivity index (χ0n) is 14.8. The van der Waals surface area contributed by atoms with E-state index in [1.54, 1.807) is 18.0 Å². The van der Waals surface area contributed by atoms with Crippen molar-refractivity contribution in [3.63, 3.8) is 0 Å². The molecule has 138 valence electrons. The van der Waals surface area contributed by atoms with E-state index in [1.807, 2.05) is 0 Å². The average Bonchev–Trinajstić information content (AvgIpc) is 3.31. The molecule has 4 heterocycles. The monoisotopic (exact) mass is 357 g/mol. The first-order valence-corrected chi connectivity index (χ1v) is 9.32. The first-order chi connectivity index (χ1) is 12.5. The Kier molecular flexibility index (Phi) is 3.47. The second-order valence-electron chi connectivity index (χ2n) is 8.15. The van der Waals surface area contributed by atoms with E-state index in [1.165, 1.54) is 0 Å². The number of nitrogens with zero attached hydrogens (tertiary/aromatic N) is 3. The second-order valence-corrected chi connectivity index (χ2v) is 8.15. The number of fused-ring (bicyclic) bond motifs is 1. The van der Waals surface area contributed by atoms with E-state index in [9.17, 15) is 9.59 Å². The zero-order chi connectivity index (χ0) is 17.9. The van der Waals surface area contributed by atoms with E-state index in [0.717, 1.165) is 44.8 Å². The molecule has 5 rings (SSSR count). The lowest BCUT2D eigenvalue weighted by Gasteiger charge is -2.55. The highest BCUT2D eigenvalue weighted by molar-refractivity contribution is 5.92. The Morgan fingerprint density at radius 2 is 2.15 bits per heavy atom. The highest BCUT2D eigenvalue weighted by atomic mass is 16.5. The maximum Gasteiger partial charge on any atom is 0.244 e. The van der Waals surface area contributed by atoms with Crippen molar-refractivity contribution in [1.29, 1.82) is 0 Å². The van der Waals surface area contributed by atoms with E-state index >= 15 is 0 Å². The van der Waals surface area contributed by atoms with Gasteiger partial charge in [-0.25, -0.2) is 4.98 Å². The van der Waals surface area contributed by atoms with Crippen LogP contribution in [0.1, 0.15) is 43.0 Å². The molecule has 1 aromatic rings. The predicted molar refractivity (Wildman–Crippen MR) is 92.7 cm³/mol. The summed E-state index contributed by atoms with van der Waals surface area (Å²) < 4.78 is 5.24. The van der Waals surface area contributed by atoms with Crippen molar-refractivity contribution in [2.75, 3.05) is 38.2 Å². The molecule has 3 aliphatic heterocycles. The summed E-state index contributed by atoms with van der Waals surface area (Å²) in [6.45, 7) is 5.17. The van der Waals surface area contributed by atoms with Gasteiger partial charge >= 0.3 is 0 Å². The topological polar surface area (TPSA) is 96.4 Å². The SMILES string of the molecule is C[C@@H](NC(=O)C1CNc2ncc(C3CC3)nc21)C(=O)N1CC2(COC2)C1. The molecule has 4 aliphatic rings. The van der Waals surface area contributed by atoms with Crippen LogP contribution in [0.15, 0.2) is 6.20 Å². The molecular formula is C18H23N5O3. The summed E-state index contributed by atoms with van der Waals surface area (Å²) >= 11 is 0. The fourth-order valence-electron chi connectivity index (χ4n) is 4.03. The van der Waals surface area contributed by atoms with Gasteiger partial charge in [-0.15, -0.1) is 0 Å². The molecule has 1 aliphatic carbocycles. The van der Waals surface area contributed by atoms with Crippen LogP contribution in [-0.2, 0) is 14.3 Å². The van der Waals surface area contributed by atoms with E-state index < -0.39 is 12.0 Å². The molecule has 1 unspecified atom stereocenters. The highest BCUT2D eigenvalue weighted by Gasteiger charge is 2.51. The molecule has 0 radical (unpaired) electrons. The van der Waals surface area contributed by atoms with Crippen molar-refractivity contribution in [3.8, 4) is 0 Å². The molecule has 0 aromatic carbocycles. The number of aromatic nitrogens is 2.